The molecule has 5 nitrogen and oxygen atoms in total. The molecule has 3 rings (SSSR count). The van der Waals surface area contributed by atoms with E-state index in [0.29, 0.717) is 11.4 Å². The van der Waals surface area contributed by atoms with Gasteiger partial charge >= 0.3 is 0 Å². The van der Waals surface area contributed by atoms with E-state index < -0.39 is 0 Å². The second-order valence-electron chi connectivity index (χ2n) is 4.82. The quantitative estimate of drug-likeness (QED) is 0.839. The smallest absolute Gasteiger partial charge is 0.252 e. The fourth-order valence-electron chi connectivity index (χ4n) is 2.40. The summed E-state index contributed by atoms with van der Waals surface area (Å²) in [6.07, 6.45) is 8.84. The Morgan fingerprint density at radius 3 is 3.00 bits per heavy atom. The number of carbonyl (C=O) groups excluding carboxylic acids is 1. The minimum absolute atomic E-state index is 0.0754. The molecule has 1 atom stereocenters. The minimum atomic E-state index is -0.0754. The van der Waals surface area contributed by atoms with E-state index in [0.717, 1.165) is 24.8 Å². The van der Waals surface area contributed by atoms with Gasteiger partial charge < -0.3 is 5.32 Å². The summed E-state index contributed by atoms with van der Waals surface area (Å²) in [5, 5.41) is 9.68. The first kappa shape index (κ1) is 12.6. The van der Waals surface area contributed by atoms with Gasteiger partial charge in [-0.15, -0.1) is 0 Å². The third-order valence-electron chi connectivity index (χ3n) is 3.41. The molecular formula is C15H16N4O. The first-order valence-electron chi connectivity index (χ1n) is 6.77. The van der Waals surface area contributed by atoms with E-state index in [1.165, 1.54) is 6.33 Å². The summed E-state index contributed by atoms with van der Waals surface area (Å²) < 4.78 is 0. The van der Waals surface area contributed by atoms with Crippen LogP contribution in [0.3, 0.4) is 0 Å². The molecule has 5 heteroatoms. The molecule has 102 valence electrons. The number of nitrogens with zero attached hydrogens (tertiary/aromatic N) is 2. The van der Waals surface area contributed by atoms with Crippen LogP contribution in [-0.4, -0.2) is 27.1 Å². The van der Waals surface area contributed by atoms with E-state index in [-0.39, 0.29) is 11.9 Å². The topological polar surface area (TPSA) is 70.7 Å². The molecule has 1 unspecified atom stereocenters. The number of allylic oxidation sites excluding steroid dienone is 1. The maximum Gasteiger partial charge on any atom is 0.252 e. The molecule has 1 aliphatic rings. The third-order valence-corrected chi connectivity index (χ3v) is 3.41. The van der Waals surface area contributed by atoms with Gasteiger partial charge in [0.15, 0.2) is 5.82 Å². The van der Waals surface area contributed by atoms with E-state index in [4.69, 9.17) is 0 Å². The van der Waals surface area contributed by atoms with Crippen LogP contribution in [0.15, 0.2) is 42.7 Å². The fraction of sp³-hybridized carbons (Fsp3) is 0.267. The van der Waals surface area contributed by atoms with Gasteiger partial charge in [0, 0.05) is 11.6 Å². The zero-order valence-electron chi connectivity index (χ0n) is 11.0. The van der Waals surface area contributed by atoms with Crippen molar-refractivity contribution in [2.24, 2.45) is 0 Å². The molecule has 20 heavy (non-hydrogen) atoms. The van der Waals surface area contributed by atoms with E-state index in [2.05, 4.69) is 32.7 Å². The van der Waals surface area contributed by atoms with Gasteiger partial charge in [0.05, 0.1) is 5.56 Å². The minimum Gasteiger partial charge on any atom is -0.346 e. The first-order valence-corrected chi connectivity index (χ1v) is 6.77. The van der Waals surface area contributed by atoms with Gasteiger partial charge in [-0.2, -0.15) is 5.10 Å². The number of H-pyrrole nitrogens is 1. The van der Waals surface area contributed by atoms with Crippen LogP contribution in [0, 0.1) is 0 Å². The maximum absolute atomic E-state index is 12.4. The summed E-state index contributed by atoms with van der Waals surface area (Å²) in [6, 6.07) is 7.53. The van der Waals surface area contributed by atoms with E-state index in [9.17, 15) is 4.79 Å². The van der Waals surface area contributed by atoms with Crippen LogP contribution in [0.4, 0.5) is 0 Å². The van der Waals surface area contributed by atoms with Crippen molar-refractivity contribution in [2.45, 2.75) is 25.3 Å². The van der Waals surface area contributed by atoms with Crippen LogP contribution in [0.1, 0.15) is 29.6 Å². The predicted octanol–water partition coefficient (Wildman–Crippen LogP) is 2.31. The lowest BCUT2D eigenvalue weighted by molar-refractivity contribution is 0.0942. The number of benzene rings is 1. The molecule has 1 heterocycles. The van der Waals surface area contributed by atoms with E-state index in [1.54, 1.807) is 6.07 Å². The molecule has 0 saturated heterocycles. The Kier molecular flexibility index (Phi) is 3.58. The maximum atomic E-state index is 12.4. The van der Waals surface area contributed by atoms with Gasteiger partial charge in [0.25, 0.3) is 5.91 Å². The Morgan fingerprint density at radius 2 is 2.25 bits per heavy atom. The summed E-state index contributed by atoms with van der Waals surface area (Å²) in [5.41, 5.74) is 1.38. The Balaban J connectivity index is 1.84. The molecule has 2 N–H and O–H groups in total. The van der Waals surface area contributed by atoms with Crippen molar-refractivity contribution in [2.75, 3.05) is 0 Å². The van der Waals surface area contributed by atoms with Crippen LogP contribution >= 0.6 is 0 Å². The molecule has 1 amide bonds. The van der Waals surface area contributed by atoms with Gasteiger partial charge in [-0.3, -0.25) is 9.89 Å². The van der Waals surface area contributed by atoms with Gasteiger partial charge in [-0.05, 0) is 25.3 Å². The molecule has 1 aromatic carbocycles. The van der Waals surface area contributed by atoms with Gasteiger partial charge in [0.1, 0.15) is 6.33 Å². The normalized spacial score (nSPS) is 17.9. The van der Waals surface area contributed by atoms with Gasteiger partial charge in [0.2, 0.25) is 0 Å². The number of nitrogens with one attached hydrogen (secondary N) is 2. The molecular weight excluding hydrogens is 252 g/mol. The Labute approximate surface area is 117 Å². The van der Waals surface area contributed by atoms with Crippen molar-refractivity contribution in [3.63, 3.8) is 0 Å². The van der Waals surface area contributed by atoms with Gasteiger partial charge in [-0.25, -0.2) is 4.98 Å². The highest BCUT2D eigenvalue weighted by Crippen LogP contribution is 2.20. The van der Waals surface area contributed by atoms with Crippen molar-refractivity contribution in [3.8, 4) is 11.4 Å². The number of rotatable bonds is 3. The number of aromatic amines is 1. The zero-order valence-corrected chi connectivity index (χ0v) is 11.0. The molecule has 2 aromatic rings. The lowest BCUT2D eigenvalue weighted by Crippen LogP contribution is -2.34. The molecule has 0 bridgehead atoms. The number of carbonyl (C=O) groups is 1. The number of hydrogen-bond acceptors (Lipinski definition) is 3. The zero-order chi connectivity index (χ0) is 13.8. The van der Waals surface area contributed by atoms with Crippen molar-refractivity contribution in [1.29, 1.82) is 0 Å². The lowest BCUT2D eigenvalue weighted by atomic mass is 10.0. The van der Waals surface area contributed by atoms with Crippen molar-refractivity contribution >= 4 is 5.91 Å². The molecule has 1 aromatic heterocycles. The van der Waals surface area contributed by atoms with Crippen LogP contribution in [0.2, 0.25) is 0 Å². The van der Waals surface area contributed by atoms with Crippen molar-refractivity contribution < 1.29 is 4.79 Å². The van der Waals surface area contributed by atoms with Crippen LogP contribution in [0.25, 0.3) is 11.4 Å². The predicted molar refractivity (Wildman–Crippen MR) is 76.1 cm³/mol. The molecule has 0 aliphatic heterocycles. The fourth-order valence-corrected chi connectivity index (χ4v) is 2.40. The van der Waals surface area contributed by atoms with Gasteiger partial charge in [-0.1, -0.05) is 30.4 Å². The summed E-state index contributed by atoms with van der Waals surface area (Å²) in [6.45, 7) is 0. The molecule has 0 fully saturated rings. The molecule has 1 aliphatic carbocycles. The van der Waals surface area contributed by atoms with E-state index >= 15 is 0 Å². The first-order chi connectivity index (χ1) is 9.84. The monoisotopic (exact) mass is 268 g/mol. The Hall–Kier alpha value is -2.43. The number of aromatic nitrogens is 3. The number of hydrogen-bond donors (Lipinski definition) is 2. The second-order valence-corrected chi connectivity index (χ2v) is 4.82. The van der Waals surface area contributed by atoms with Crippen LogP contribution in [0.5, 0.6) is 0 Å². The van der Waals surface area contributed by atoms with Crippen molar-refractivity contribution in [1.82, 2.24) is 20.5 Å². The van der Waals surface area contributed by atoms with Crippen molar-refractivity contribution in [3.05, 3.63) is 48.3 Å². The average molecular weight is 268 g/mol. The number of amides is 1. The van der Waals surface area contributed by atoms with Crippen LogP contribution in [-0.2, 0) is 0 Å². The van der Waals surface area contributed by atoms with Crippen LogP contribution < -0.4 is 5.32 Å². The standard InChI is InChI=1S/C15H16N4O/c20-15(18-11-6-2-1-3-7-11)13-9-5-4-8-12(13)14-16-10-17-19-14/h2,4-6,8-11H,1,3,7H2,(H,18,20)(H,16,17,19). The highest BCUT2D eigenvalue weighted by molar-refractivity contribution is 6.00. The molecule has 0 spiro atoms. The summed E-state index contributed by atoms with van der Waals surface area (Å²) in [5.74, 6) is 0.531. The summed E-state index contributed by atoms with van der Waals surface area (Å²) >= 11 is 0. The Morgan fingerprint density at radius 1 is 1.35 bits per heavy atom. The highest BCUT2D eigenvalue weighted by Gasteiger charge is 2.17. The summed E-state index contributed by atoms with van der Waals surface area (Å²) in [7, 11) is 0. The lowest BCUT2D eigenvalue weighted by Gasteiger charge is -2.18. The molecule has 0 saturated carbocycles. The Bertz CT molecular complexity index is 619. The second kappa shape index (κ2) is 5.69. The average Bonchev–Trinajstić information content (AvgIpc) is 3.02. The third kappa shape index (κ3) is 2.61. The summed E-state index contributed by atoms with van der Waals surface area (Å²) in [4.78, 5) is 16.5. The molecule has 0 radical (unpaired) electrons. The largest absolute Gasteiger partial charge is 0.346 e. The van der Waals surface area contributed by atoms with E-state index in [1.807, 2.05) is 18.2 Å². The highest BCUT2D eigenvalue weighted by atomic mass is 16.1. The SMILES string of the molecule is O=C(NC1C=CCCC1)c1ccccc1-c1ncn[nH]1.